The quantitative estimate of drug-likeness (QED) is 0.762. The molecule has 3 rings (SSSR count). The molecule has 1 aliphatic carbocycles. The number of benzene rings is 1. The smallest absolute Gasteiger partial charge is 0.234 e. The zero-order chi connectivity index (χ0) is 18.4. The van der Waals surface area contributed by atoms with Crippen LogP contribution in [-0.4, -0.2) is 46.6 Å². The van der Waals surface area contributed by atoms with Gasteiger partial charge in [0.1, 0.15) is 0 Å². The summed E-state index contributed by atoms with van der Waals surface area (Å²) in [5, 5.41) is 12.8. The van der Waals surface area contributed by atoms with Crippen LogP contribution in [0.1, 0.15) is 24.0 Å². The molecule has 0 saturated heterocycles. The fourth-order valence-electron chi connectivity index (χ4n) is 3.52. The second kappa shape index (κ2) is 8.92. The molecule has 5 nitrogen and oxygen atoms in total. The van der Waals surface area contributed by atoms with Gasteiger partial charge in [-0.3, -0.25) is 14.7 Å². The Morgan fingerprint density at radius 1 is 1.19 bits per heavy atom. The third kappa shape index (κ3) is 5.38. The van der Waals surface area contributed by atoms with Crippen LogP contribution in [0.4, 0.5) is 0 Å². The second-order valence-corrected chi connectivity index (χ2v) is 7.28. The normalized spacial score (nSPS) is 20.4. The molecule has 2 N–H and O–H groups in total. The zero-order valence-corrected chi connectivity index (χ0v) is 15.2. The number of pyridine rings is 1. The van der Waals surface area contributed by atoms with Gasteiger partial charge >= 0.3 is 0 Å². The summed E-state index contributed by atoms with van der Waals surface area (Å²) in [4.78, 5) is 18.6. The van der Waals surface area contributed by atoms with Gasteiger partial charge in [0.05, 0.1) is 12.6 Å². The maximum atomic E-state index is 12.5. The lowest BCUT2D eigenvalue weighted by Gasteiger charge is -2.38. The van der Waals surface area contributed by atoms with Crippen molar-refractivity contribution >= 4 is 5.91 Å². The lowest BCUT2D eigenvalue weighted by atomic mass is 9.75. The summed E-state index contributed by atoms with van der Waals surface area (Å²) in [6.07, 6.45) is 5.62. The van der Waals surface area contributed by atoms with E-state index >= 15 is 0 Å². The van der Waals surface area contributed by atoms with Crippen LogP contribution in [0, 0.1) is 5.92 Å². The molecular weight excluding hydrogens is 326 g/mol. The van der Waals surface area contributed by atoms with Crippen LogP contribution in [-0.2, 0) is 17.8 Å². The molecule has 26 heavy (non-hydrogen) atoms. The van der Waals surface area contributed by atoms with Crippen molar-refractivity contribution in [3.8, 4) is 0 Å². The molecule has 0 spiro atoms. The Balaban J connectivity index is 1.54. The highest BCUT2D eigenvalue weighted by Gasteiger charge is 2.34. The predicted molar refractivity (Wildman–Crippen MR) is 101 cm³/mol. The van der Waals surface area contributed by atoms with Crippen molar-refractivity contribution in [1.82, 2.24) is 15.2 Å². The zero-order valence-electron chi connectivity index (χ0n) is 15.2. The second-order valence-electron chi connectivity index (χ2n) is 7.28. The molecule has 1 aromatic carbocycles. The van der Waals surface area contributed by atoms with Gasteiger partial charge in [-0.05, 0) is 55.5 Å². The monoisotopic (exact) mass is 353 g/mol. The molecule has 0 radical (unpaired) electrons. The molecule has 1 saturated carbocycles. The van der Waals surface area contributed by atoms with Crippen LogP contribution in [0.2, 0.25) is 0 Å². The minimum atomic E-state index is -0.224. The van der Waals surface area contributed by atoms with Gasteiger partial charge in [-0.1, -0.05) is 30.3 Å². The summed E-state index contributed by atoms with van der Waals surface area (Å²) >= 11 is 0. The maximum absolute atomic E-state index is 12.5. The van der Waals surface area contributed by atoms with Gasteiger partial charge < -0.3 is 10.4 Å². The van der Waals surface area contributed by atoms with Gasteiger partial charge in [0.2, 0.25) is 5.91 Å². The summed E-state index contributed by atoms with van der Waals surface area (Å²) in [7, 11) is 1.96. The summed E-state index contributed by atoms with van der Waals surface area (Å²) in [6.45, 7) is 1.10. The number of aromatic nitrogens is 1. The van der Waals surface area contributed by atoms with E-state index in [9.17, 15) is 9.90 Å². The van der Waals surface area contributed by atoms with Crippen molar-refractivity contribution in [3.05, 3.63) is 66.0 Å². The average Bonchev–Trinajstić information content (AvgIpc) is 2.60. The Hall–Kier alpha value is -2.24. The van der Waals surface area contributed by atoms with E-state index in [1.807, 2.05) is 42.3 Å². The number of nitrogens with zero attached hydrogens (tertiary/aromatic N) is 2. The molecule has 1 atom stereocenters. The number of carbonyl (C=O) groups is 1. The molecule has 1 aromatic heterocycles. The number of aliphatic hydroxyl groups excluding tert-OH is 1. The van der Waals surface area contributed by atoms with Gasteiger partial charge in [0.15, 0.2) is 0 Å². The fraction of sp³-hybridized carbons (Fsp3) is 0.429. The summed E-state index contributed by atoms with van der Waals surface area (Å²) < 4.78 is 0. The topological polar surface area (TPSA) is 65.5 Å². The number of nitrogens with one attached hydrogen (secondary N) is 1. The van der Waals surface area contributed by atoms with Gasteiger partial charge in [0.25, 0.3) is 0 Å². The van der Waals surface area contributed by atoms with E-state index < -0.39 is 0 Å². The maximum Gasteiger partial charge on any atom is 0.234 e. The van der Waals surface area contributed by atoms with Gasteiger partial charge in [-0.25, -0.2) is 0 Å². The van der Waals surface area contributed by atoms with E-state index in [1.54, 1.807) is 12.4 Å². The number of rotatable bonds is 8. The molecule has 1 aliphatic rings. The van der Waals surface area contributed by atoms with Crippen molar-refractivity contribution in [2.24, 2.45) is 5.92 Å². The van der Waals surface area contributed by atoms with Crippen molar-refractivity contribution < 1.29 is 9.90 Å². The first-order valence-electron chi connectivity index (χ1n) is 9.19. The molecule has 0 aliphatic heterocycles. The number of amides is 1. The Labute approximate surface area is 155 Å². The third-order valence-corrected chi connectivity index (χ3v) is 4.98. The van der Waals surface area contributed by atoms with Crippen molar-refractivity contribution in [2.45, 2.75) is 38.0 Å². The molecule has 138 valence electrons. The number of hydrogen-bond donors (Lipinski definition) is 2. The average molecular weight is 353 g/mol. The highest BCUT2D eigenvalue weighted by atomic mass is 16.3. The Morgan fingerprint density at radius 2 is 1.88 bits per heavy atom. The molecule has 1 heterocycles. The van der Waals surface area contributed by atoms with Crippen molar-refractivity contribution in [3.63, 3.8) is 0 Å². The van der Waals surface area contributed by atoms with Crippen LogP contribution in [0.15, 0.2) is 54.9 Å². The minimum absolute atomic E-state index is 0.0314. The number of likely N-dealkylation sites (N-methyl/N-ethyl adjacent to an activating group) is 1. The summed E-state index contributed by atoms with van der Waals surface area (Å²) in [5.41, 5.74) is 2.35. The van der Waals surface area contributed by atoms with Crippen molar-refractivity contribution in [1.29, 1.82) is 0 Å². The lowest BCUT2D eigenvalue weighted by Crippen LogP contribution is -2.50. The van der Waals surface area contributed by atoms with E-state index in [1.165, 1.54) is 5.56 Å². The third-order valence-electron chi connectivity index (χ3n) is 4.98. The first-order chi connectivity index (χ1) is 12.6. The first kappa shape index (κ1) is 18.5. The largest absolute Gasteiger partial charge is 0.393 e. The molecule has 0 bridgehead atoms. The summed E-state index contributed by atoms with van der Waals surface area (Å²) in [6, 6.07) is 14.2. The Kier molecular flexibility index (Phi) is 6.36. The van der Waals surface area contributed by atoms with E-state index in [2.05, 4.69) is 22.4 Å². The van der Waals surface area contributed by atoms with Crippen LogP contribution in [0.3, 0.4) is 0 Å². The van der Waals surface area contributed by atoms with Crippen LogP contribution < -0.4 is 5.32 Å². The van der Waals surface area contributed by atoms with E-state index in [0.717, 1.165) is 31.4 Å². The first-order valence-corrected chi connectivity index (χ1v) is 9.19. The van der Waals surface area contributed by atoms with E-state index in [4.69, 9.17) is 0 Å². The van der Waals surface area contributed by atoms with Crippen LogP contribution in [0.5, 0.6) is 0 Å². The highest BCUT2D eigenvalue weighted by Crippen LogP contribution is 2.31. The molecule has 5 heteroatoms. The summed E-state index contributed by atoms with van der Waals surface area (Å²) in [5.74, 6) is 0.366. The van der Waals surface area contributed by atoms with Gasteiger partial charge in [0, 0.05) is 25.0 Å². The molecule has 1 amide bonds. The Morgan fingerprint density at radius 3 is 2.54 bits per heavy atom. The molecule has 1 fully saturated rings. The molecular formula is C21H27N3O2. The predicted octanol–water partition coefficient (Wildman–Crippen LogP) is 2.01. The minimum Gasteiger partial charge on any atom is -0.393 e. The van der Waals surface area contributed by atoms with Crippen LogP contribution in [0.25, 0.3) is 0 Å². The fourth-order valence-corrected chi connectivity index (χ4v) is 3.52. The van der Waals surface area contributed by atoms with E-state index in [-0.39, 0.29) is 18.1 Å². The number of hydrogen-bond acceptors (Lipinski definition) is 4. The van der Waals surface area contributed by atoms with Gasteiger partial charge in [-0.15, -0.1) is 0 Å². The standard InChI is InChI=1S/C21H27N3O2/c1-24(14-17-5-3-2-4-6-17)15-21(26)23-20(18-12-19(25)13-18)11-16-7-9-22-10-8-16/h2-10,18-20,25H,11-15H2,1H3,(H,23,26)/t18?,19?,20-/m1/s1. The van der Waals surface area contributed by atoms with Crippen molar-refractivity contribution in [2.75, 3.05) is 13.6 Å². The molecule has 0 unspecified atom stereocenters. The highest BCUT2D eigenvalue weighted by molar-refractivity contribution is 5.78. The Bertz CT molecular complexity index is 687. The lowest BCUT2D eigenvalue weighted by molar-refractivity contribution is -0.123. The SMILES string of the molecule is CN(CC(=O)N[C@H](Cc1ccncc1)C1CC(O)C1)Cc1ccccc1. The number of aliphatic hydroxyl groups is 1. The van der Waals surface area contributed by atoms with Gasteiger partial charge in [-0.2, -0.15) is 0 Å². The molecule has 2 aromatic rings. The van der Waals surface area contributed by atoms with E-state index in [0.29, 0.717) is 12.5 Å². The van der Waals surface area contributed by atoms with Crippen LogP contribution >= 0.6 is 0 Å². The number of carbonyl (C=O) groups excluding carboxylic acids is 1.